The Kier molecular flexibility index (Phi) is 41.8. The van der Waals surface area contributed by atoms with Crippen molar-refractivity contribution in [3.63, 3.8) is 0 Å². The lowest BCUT2D eigenvalue weighted by molar-refractivity contribution is -0.153. The molecule has 0 aromatic carbocycles. The maximum atomic E-state index is 13.0. The van der Waals surface area contributed by atoms with Crippen molar-refractivity contribution in [1.29, 1.82) is 0 Å². The standard InChI is InChI=1S/C62H122N4O4S6/c1-51(2)55(73-45-37-63(5)6)29-27-53-31-35-61(59(67)68,49-57(53)75-47-39-65(9)10)33-21-15-19-25-43-71-41-23-17-13-14-18-24-42-72-44-26-20-16-22-34-62(60(69)70)36-32-54(58(50-62)76-48-40-66(11)12)28-30-56(52(3)4)74-46-38-64(7)8/h51-58H,13-50H2,1-12H3,(H,67,68)(H,69,70). The number of carboxylic acid groups (broad SMARTS) is 2. The van der Waals surface area contributed by atoms with Gasteiger partial charge in [0.1, 0.15) is 0 Å². The molecular formula is C62H122N4O4S6. The van der Waals surface area contributed by atoms with E-state index in [-0.39, 0.29) is 0 Å². The van der Waals surface area contributed by atoms with Crippen LogP contribution < -0.4 is 0 Å². The summed E-state index contributed by atoms with van der Waals surface area (Å²) in [6.45, 7) is 13.9. The molecule has 0 aromatic heterocycles. The molecule has 2 fully saturated rings. The predicted molar refractivity (Wildman–Crippen MR) is 351 cm³/mol. The fourth-order valence-corrected chi connectivity index (χ4v) is 20.1. The largest absolute Gasteiger partial charge is 0.481 e. The molecule has 450 valence electrons. The van der Waals surface area contributed by atoms with Crippen molar-refractivity contribution in [3.05, 3.63) is 0 Å². The second-order valence-electron chi connectivity index (χ2n) is 25.3. The van der Waals surface area contributed by atoms with Crippen LogP contribution in [0.2, 0.25) is 0 Å². The van der Waals surface area contributed by atoms with E-state index in [2.05, 4.69) is 174 Å². The van der Waals surface area contributed by atoms with Crippen molar-refractivity contribution >= 4 is 82.5 Å². The van der Waals surface area contributed by atoms with E-state index in [0.29, 0.717) is 44.7 Å². The highest BCUT2D eigenvalue weighted by atomic mass is 32.2. The normalized spacial score (nSPS) is 23.2. The molecule has 2 aliphatic carbocycles. The molecule has 0 bridgehead atoms. The van der Waals surface area contributed by atoms with Gasteiger partial charge in [-0.1, -0.05) is 91.9 Å². The van der Waals surface area contributed by atoms with Crippen molar-refractivity contribution in [2.24, 2.45) is 34.5 Å². The fraction of sp³-hybridized carbons (Fsp3) is 0.968. The molecule has 0 aliphatic heterocycles. The Labute approximate surface area is 497 Å². The topological polar surface area (TPSA) is 87.6 Å². The highest BCUT2D eigenvalue weighted by molar-refractivity contribution is 8.00. The minimum atomic E-state index is -0.534. The molecule has 2 rings (SSSR count). The van der Waals surface area contributed by atoms with Crippen LogP contribution in [0.4, 0.5) is 0 Å². The maximum absolute atomic E-state index is 13.0. The Morgan fingerprint density at radius 1 is 0.447 bits per heavy atom. The van der Waals surface area contributed by atoms with E-state index in [4.69, 9.17) is 0 Å². The van der Waals surface area contributed by atoms with E-state index in [1.165, 1.54) is 137 Å². The summed E-state index contributed by atoms with van der Waals surface area (Å²) in [4.78, 5) is 35.1. The Morgan fingerprint density at radius 3 is 1.05 bits per heavy atom. The lowest BCUT2D eigenvalue weighted by atomic mass is 9.66. The maximum Gasteiger partial charge on any atom is 0.309 e. The molecule has 8 unspecified atom stereocenters. The Morgan fingerprint density at radius 2 is 0.750 bits per heavy atom. The minimum absolute atomic E-state index is 0.457. The third kappa shape index (κ3) is 32.7. The molecule has 8 nitrogen and oxygen atoms in total. The average Bonchev–Trinajstić information content (AvgIpc) is 3.35. The lowest BCUT2D eigenvalue weighted by Crippen LogP contribution is -2.42. The summed E-state index contributed by atoms with van der Waals surface area (Å²) in [5.74, 6) is 11.2. The molecule has 0 amide bonds. The number of unbranched alkanes of at least 4 members (excludes halogenated alkanes) is 11. The van der Waals surface area contributed by atoms with Crippen LogP contribution in [0, 0.1) is 34.5 Å². The first-order valence-electron chi connectivity index (χ1n) is 31.0. The summed E-state index contributed by atoms with van der Waals surface area (Å²) in [7, 11) is 17.3. The fourth-order valence-electron chi connectivity index (χ4n) is 11.6. The Hall–Kier alpha value is 0.880. The summed E-state index contributed by atoms with van der Waals surface area (Å²) in [6.07, 6.45) is 29.8. The number of carboxylic acids is 2. The molecular weight excluding hydrogens is 1060 g/mol. The van der Waals surface area contributed by atoms with Crippen LogP contribution in [0.3, 0.4) is 0 Å². The zero-order valence-corrected chi connectivity index (χ0v) is 56.3. The van der Waals surface area contributed by atoms with Crippen LogP contribution >= 0.6 is 70.6 Å². The predicted octanol–water partition coefficient (Wildman–Crippen LogP) is 16.0. The molecule has 0 heterocycles. The van der Waals surface area contributed by atoms with E-state index in [0.717, 1.165) is 102 Å². The van der Waals surface area contributed by atoms with Crippen LogP contribution in [-0.2, 0) is 9.59 Å². The van der Waals surface area contributed by atoms with Gasteiger partial charge in [0.2, 0.25) is 0 Å². The van der Waals surface area contributed by atoms with Gasteiger partial charge in [0.05, 0.1) is 10.8 Å². The second-order valence-corrected chi connectivity index (χ2v) is 33.2. The highest BCUT2D eigenvalue weighted by Crippen LogP contribution is 2.50. The van der Waals surface area contributed by atoms with Crippen molar-refractivity contribution in [2.75, 3.05) is 129 Å². The zero-order chi connectivity index (χ0) is 56.2. The van der Waals surface area contributed by atoms with Gasteiger partial charge >= 0.3 is 11.9 Å². The van der Waals surface area contributed by atoms with Crippen LogP contribution in [-0.4, -0.2) is 191 Å². The van der Waals surface area contributed by atoms with E-state index >= 15 is 0 Å². The molecule has 2 saturated carbocycles. The van der Waals surface area contributed by atoms with E-state index in [1.54, 1.807) is 0 Å². The van der Waals surface area contributed by atoms with Crippen molar-refractivity contribution in [1.82, 2.24) is 19.6 Å². The summed E-state index contributed by atoms with van der Waals surface area (Å²) in [5, 5.41) is 23.6. The quantitative estimate of drug-likeness (QED) is 0.0567. The third-order valence-electron chi connectivity index (χ3n) is 17.0. The van der Waals surface area contributed by atoms with Gasteiger partial charge in [0, 0.05) is 70.2 Å². The number of rotatable bonds is 49. The SMILES string of the molecule is CC(C)C(CCC1CCC(CCCCCCSCCCCCCCCSCCCCCCC2(C(=O)O)CCC(CCC(SCCN(C)C)C(C)C)C(SCCN(C)C)C2)(C(=O)O)CC1SCCN(C)C)SCCN(C)C. The van der Waals surface area contributed by atoms with Crippen molar-refractivity contribution in [2.45, 2.75) is 216 Å². The van der Waals surface area contributed by atoms with Gasteiger partial charge in [-0.25, -0.2) is 0 Å². The summed E-state index contributed by atoms with van der Waals surface area (Å²) in [5.41, 5.74) is -1.07. The van der Waals surface area contributed by atoms with Crippen molar-refractivity contribution in [3.8, 4) is 0 Å². The Bertz CT molecular complexity index is 1340. The summed E-state index contributed by atoms with van der Waals surface area (Å²) < 4.78 is 0. The van der Waals surface area contributed by atoms with E-state index in [9.17, 15) is 19.8 Å². The smallest absolute Gasteiger partial charge is 0.309 e. The number of hydrogen-bond donors (Lipinski definition) is 2. The van der Waals surface area contributed by atoms with Gasteiger partial charge in [-0.15, -0.1) is 0 Å². The molecule has 8 atom stereocenters. The third-order valence-corrected chi connectivity index (χ3v) is 25.3. The zero-order valence-electron chi connectivity index (χ0n) is 51.4. The van der Waals surface area contributed by atoms with E-state index < -0.39 is 22.8 Å². The highest BCUT2D eigenvalue weighted by Gasteiger charge is 2.47. The summed E-state index contributed by atoms with van der Waals surface area (Å²) >= 11 is 12.7. The number of thioether (sulfide) groups is 6. The molecule has 0 spiro atoms. The first kappa shape index (κ1) is 73.0. The van der Waals surface area contributed by atoms with Gasteiger partial charge in [-0.2, -0.15) is 70.6 Å². The molecule has 0 saturated heterocycles. The number of carbonyl (C=O) groups is 2. The second kappa shape index (κ2) is 43.5. The van der Waals surface area contributed by atoms with Gasteiger partial charge < -0.3 is 29.8 Å². The first-order valence-corrected chi connectivity index (χ1v) is 37.5. The molecule has 14 heteroatoms. The number of aliphatic carboxylic acids is 2. The average molecular weight is 1180 g/mol. The molecule has 0 radical (unpaired) electrons. The Balaban J connectivity index is 1.56. The van der Waals surface area contributed by atoms with Crippen LogP contribution in [0.25, 0.3) is 0 Å². The van der Waals surface area contributed by atoms with Gasteiger partial charge in [-0.3, -0.25) is 9.59 Å². The minimum Gasteiger partial charge on any atom is -0.481 e. The lowest BCUT2D eigenvalue weighted by Gasteiger charge is -2.43. The van der Waals surface area contributed by atoms with Gasteiger partial charge in [-0.05, 0) is 206 Å². The monoisotopic (exact) mass is 1180 g/mol. The number of nitrogens with zero attached hydrogens (tertiary/aromatic N) is 4. The van der Waals surface area contributed by atoms with Crippen LogP contribution in [0.15, 0.2) is 0 Å². The molecule has 0 aromatic rings. The van der Waals surface area contributed by atoms with Crippen LogP contribution in [0.5, 0.6) is 0 Å². The first-order chi connectivity index (χ1) is 36.3. The van der Waals surface area contributed by atoms with E-state index in [1.807, 2.05) is 0 Å². The molecule has 2 aliphatic rings. The van der Waals surface area contributed by atoms with Crippen LogP contribution in [0.1, 0.15) is 195 Å². The summed E-state index contributed by atoms with van der Waals surface area (Å²) in [6, 6.07) is 0. The van der Waals surface area contributed by atoms with Gasteiger partial charge in [0.15, 0.2) is 0 Å². The van der Waals surface area contributed by atoms with Gasteiger partial charge in [0.25, 0.3) is 0 Å². The number of hydrogen-bond acceptors (Lipinski definition) is 12. The molecule has 2 N–H and O–H groups in total. The molecule has 76 heavy (non-hydrogen) atoms. The van der Waals surface area contributed by atoms with Crippen molar-refractivity contribution < 1.29 is 19.8 Å².